The minimum atomic E-state index is -0.119. The van der Waals surface area contributed by atoms with Crippen LogP contribution in [-0.2, 0) is 6.42 Å². The van der Waals surface area contributed by atoms with Crippen LogP contribution in [0.25, 0.3) is 0 Å². The molecule has 20 heavy (non-hydrogen) atoms. The van der Waals surface area contributed by atoms with E-state index >= 15 is 0 Å². The Bertz CT molecular complexity index is 596. The second kappa shape index (κ2) is 6.73. The molecule has 0 heterocycles. The fourth-order valence-electron chi connectivity index (χ4n) is 2.09. The summed E-state index contributed by atoms with van der Waals surface area (Å²) in [6.45, 7) is 2.66. The molecule has 0 fully saturated rings. The zero-order valence-corrected chi connectivity index (χ0v) is 11.5. The molecule has 4 nitrogen and oxygen atoms in total. The van der Waals surface area contributed by atoms with Crippen molar-refractivity contribution in [3.63, 3.8) is 0 Å². The zero-order chi connectivity index (χ0) is 14.4. The standard InChI is InChI=1S/C16H19N3O/c1-12-5-4-6-13(11-12)9-10-18-16(20)14-7-2-3-8-15(14)19-17/h2-8,11,19H,9-10,17H2,1H3,(H,18,20). The lowest BCUT2D eigenvalue weighted by Crippen LogP contribution is -2.27. The van der Waals surface area contributed by atoms with Crippen LogP contribution in [0.3, 0.4) is 0 Å². The van der Waals surface area contributed by atoms with Crippen LogP contribution in [-0.4, -0.2) is 12.5 Å². The molecule has 0 aromatic heterocycles. The Morgan fingerprint density at radius 2 is 1.95 bits per heavy atom. The van der Waals surface area contributed by atoms with Crippen molar-refractivity contribution in [1.29, 1.82) is 0 Å². The summed E-state index contributed by atoms with van der Waals surface area (Å²) in [5, 5.41) is 2.91. The van der Waals surface area contributed by atoms with Gasteiger partial charge in [0.25, 0.3) is 5.91 Å². The number of nitrogens with one attached hydrogen (secondary N) is 2. The molecule has 0 saturated carbocycles. The van der Waals surface area contributed by atoms with Crippen molar-refractivity contribution in [3.8, 4) is 0 Å². The molecular weight excluding hydrogens is 250 g/mol. The van der Waals surface area contributed by atoms with Crippen molar-refractivity contribution in [2.24, 2.45) is 5.84 Å². The van der Waals surface area contributed by atoms with E-state index in [4.69, 9.17) is 5.84 Å². The Labute approximate surface area is 119 Å². The first-order valence-corrected chi connectivity index (χ1v) is 6.60. The van der Waals surface area contributed by atoms with Gasteiger partial charge in [0, 0.05) is 6.54 Å². The molecule has 0 bridgehead atoms. The van der Waals surface area contributed by atoms with E-state index in [2.05, 4.69) is 35.9 Å². The van der Waals surface area contributed by atoms with Crippen LogP contribution >= 0.6 is 0 Å². The van der Waals surface area contributed by atoms with Crippen molar-refractivity contribution < 1.29 is 4.79 Å². The second-order valence-corrected chi connectivity index (χ2v) is 4.68. The Hall–Kier alpha value is -2.33. The fourth-order valence-corrected chi connectivity index (χ4v) is 2.09. The monoisotopic (exact) mass is 269 g/mol. The van der Waals surface area contributed by atoms with E-state index in [1.807, 2.05) is 18.2 Å². The number of carbonyl (C=O) groups excluding carboxylic acids is 1. The molecule has 0 aliphatic carbocycles. The van der Waals surface area contributed by atoms with Crippen LogP contribution < -0.4 is 16.6 Å². The third-order valence-corrected chi connectivity index (χ3v) is 3.11. The molecule has 0 aliphatic heterocycles. The summed E-state index contributed by atoms with van der Waals surface area (Å²) in [7, 11) is 0. The SMILES string of the molecule is Cc1cccc(CCNC(=O)c2ccccc2NN)c1. The third kappa shape index (κ3) is 3.59. The molecule has 2 rings (SSSR count). The van der Waals surface area contributed by atoms with Gasteiger partial charge < -0.3 is 10.7 Å². The zero-order valence-electron chi connectivity index (χ0n) is 11.5. The highest BCUT2D eigenvalue weighted by Crippen LogP contribution is 2.13. The molecule has 0 unspecified atom stereocenters. The molecule has 4 N–H and O–H groups in total. The number of para-hydroxylation sites is 1. The third-order valence-electron chi connectivity index (χ3n) is 3.11. The topological polar surface area (TPSA) is 67.2 Å². The minimum Gasteiger partial charge on any atom is -0.352 e. The molecule has 0 saturated heterocycles. The molecule has 2 aromatic rings. The number of amides is 1. The number of hydrazine groups is 1. The molecule has 1 amide bonds. The lowest BCUT2D eigenvalue weighted by molar-refractivity contribution is 0.0955. The number of aryl methyl sites for hydroxylation is 1. The maximum atomic E-state index is 12.1. The van der Waals surface area contributed by atoms with Crippen molar-refractivity contribution in [3.05, 3.63) is 65.2 Å². The van der Waals surface area contributed by atoms with Gasteiger partial charge in [0.15, 0.2) is 0 Å². The summed E-state index contributed by atoms with van der Waals surface area (Å²) < 4.78 is 0. The van der Waals surface area contributed by atoms with Crippen LogP contribution in [0.15, 0.2) is 48.5 Å². The van der Waals surface area contributed by atoms with Gasteiger partial charge in [-0.1, -0.05) is 42.0 Å². The number of hydrogen-bond acceptors (Lipinski definition) is 3. The van der Waals surface area contributed by atoms with Gasteiger partial charge in [0.1, 0.15) is 0 Å². The first kappa shape index (κ1) is 14.1. The summed E-state index contributed by atoms with van der Waals surface area (Å²) in [5.41, 5.74) is 6.16. The van der Waals surface area contributed by atoms with Gasteiger partial charge in [0.05, 0.1) is 11.3 Å². The predicted molar refractivity (Wildman–Crippen MR) is 81.5 cm³/mol. The van der Waals surface area contributed by atoms with Crippen LogP contribution in [0.2, 0.25) is 0 Å². The number of hydrogen-bond donors (Lipinski definition) is 3. The molecule has 2 aromatic carbocycles. The van der Waals surface area contributed by atoms with Gasteiger partial charge in [-0.25, -0.2) is 0 Å². The summed E-state index contributed by atoms with van der Waals surface area (Å²) in [6.07, 6.45) is 0.811. The van der Waals surface area contributed by atoms with Crippen LogP contribution in [0, 0.1) is 6.92 Å². The lowest BCUT2D eigenvalue weighted by atomic mass is 10.1. The Morgan fingerprint density at radius 1 is 1.15 bits per heavy atom. The number of anilines is 1. The van der Waals surface area contributed by atoms with Gasteiger partial charge in [-0.3, -0.25) is 10.6 Å². The second-order valence-electron chi connectivity index (χ2n) is 4.68. The molecule has 0 spiro atoms. The smallest absolute Gasteiger partial charge is 0.253 e. The average molecular weight is 269 g/mol. The van der Waals surface area contributed by atoms with Crippen LogP contribution in [0.4, 0.5) is 5.69 Å². The first-order chi connectivity index (χ1) is 9.70. The van der Waals surface area contributed by atoms with E-state index < -0.39 is 0 Å². The van der Waals surface area contributed by atoms with Crippen molar-refractivity contribution in [2.75, 3.05) is 12.0 Å². The Kier molecular flexibility index (Phi) is 4.74. The van der Waals surface area contributed by atoms with Crippen molar-refractivity contribution >= 4 is 11.6 Å². The molecule has 0 atom stereocenters. The number of nitrogen functional groups attached to an aromatic ring is 1. The molecule has 104 valence electrons. The fraction of sp³-hybridized carbons (Fsp3) is 0.188. The average Bonchev–Trinajstić information content (AvgIpc) is 2.47. The number of nitrogens with two attached hydrogens (primary N) is 1. The maximum Gasteiger partial charge on any atom is 0.253 e. The molecule has 4 heteroatoms. The quantitative estimate of drug-likeness (QED) is 0.576. The van der Waals surface area contributed by atoms with E-state index in [0.29, 0.717) is 17.8 Å². The van der Waals surface area contributed by atoms with Crippen LogP contribution in [0.5, 0.6) is 0 Å². The predicted octanol–water partition coefficient (Wildman–Crippen LogP) is 2.25. The summed E-state index contributed by atoms with van der Waals surface area (Å²) >= 11 is 0. The van der Waals surface area contributed by atoms with Gasteiger partial charge in [0.2, 0.25) is 0 Å². The highest BCUT2D eigenvalue weighted by atomic mass is 16.1. The maximum absolute atomic E-state index is 12.1. The van der Waals surface area contributed by atoms with E-state index in [1.54, 1.807) is 12.1 Å². The van der Waals surface area contributed by atoms with Crippen molar-refractivity contribution in [2.45, 2.75) is 13.3 Å². The molecular formula is C16H19N3O. The Morgan fingerprint density at radius 3 is 2.70 bits per heavy atom. The lowest BCUT2D eigenvalue weighted by Gasteiger charge is -2.09. The highest BCUT2D eigenvalue weighted by Gasteiger charge is 2.09. The number of benzene rings is 2. The largest absolute Gasteiger partial charge is 0.352 e. The van der Waals surface area contributed by atoms with Gasteiger partial charge in [-0.15, -0.1) is 0 Å². The number of carbonyl (C=O) groups is 1. The van der Waals surface area contributed by atoms with E-state index in [1.165, 1.54) is 11.1 Å². The van der Waals surface area contributed by atoms with Crippen molar-refractivity contribution in [1.82, 2.24) is 5.32 Å². The van der Waals surface area contributed by atoms with Gasteiger partial charge in [-0.05, 0) is 31.0 Å². The summed E-state index contributed by atoms with van der Waals surface area (Å²) in [4.78, 5) is 12.1. The van der Waals surface area contributed by atoms with Crippen LogP contribution in [0.1, 0.15) is 21.5 Å². The normalized spacial score (nSPS) is 10.1. The molecule has 0 radical (unpaired) electrons. The van der Waals surface area contributed by atoms with Gasteiger partial charge in [-0.2, -0.15) is 0 Å². The molecule has 0 aliphatic rings. The summed E-state index contributed by atoms with van der Waals surface area (Å²) in [5.74, 6) is 5.28. The highest BCUT2D eigenvalue weighted by molar-refractivity contribution is 5.99. The summed E-state index contributed by atoms with van der Waals surface area (Å²) in [6, 6.07) is 15.4. The Balaban J connectivity index is 1.92. The van der Waals surface area contributed by atoms with E-state index in [-0.39, 0.29) is 5.91 Å². The first-order valence-electron chi connectivity index (χ1n) is 6.60. The van der Waals surface area contributed by atoms with Gasteiger partial charge >= 0.3 is 0 Å². The van der Waals surface area contributed by atoms with E-state index in [9.17, 15) is 4.79 Å². The van der Waals surface area contributed by atoms with E-state index in [0.717, 1.165) is 6.42 Å². The minimum absolute atomic E-state index is 0.119. The number of rotatable bonds is 5.